The molecule has 2 nitrogen and oxygen atoms in total. The van der Waals surface area contributed by atoms with Crippen LogP contribution in [0.25, 0.3) is 76.9 Å². The summed E-state index contributed by atoms with van der Waals surface area (Å²) in [5.41, 5.74) is 18.0. The molecule has 0 spiro atoms. The molecule has 0 radical (unpaired) electrons. The first-order chi connectivity index (χ1) is 27.3. The van der Waals surface area contributed by atoms with E-state index < -0.39 is 0 Å². The van der Waals surface area contributed by atoms with Gasteiger partial charge >= 0.3 is 0 Å². The zero-order valence-electron chi connectivity index (χ0n) is 31.9. The Labute approximate surface area is 326 Å². The Bertz CT molecular complexity index is 3150. The molecule has 12 rings (SSSR count). The van der Waals surface area contributed by atoms with Gasteiger partial charge < -0.3 is 9.32 Å². The lowest BCUT2D eigenvalue weighted by Crippen LogP contribution is -2.18. The van der Waals surface area contributed by atoms with Crippen LogP contribution in [0.3, 0.4) is 0 Å². The van der Waals surface area contributed by atoms with Crippen LogP contribution in [0.15, 0.2) is 168 Å². The van der Waals surface area contributed by atoms with Gasteiger partial charge in [0, 0.05) is 39.0 Å². The summed E-state index contributed by atoms with van der Waals surface area (Å²) in [6.07, 6.45) is 0. The van der Waals surface area contributed by atoms with Crippen LogP contribution in [0, 0.1) is 0 Å². The van der Waals surface area contributed by atoms with E-state index in [1.807, 2.05) is 0 Å². The van der Waals surface area contributed by atoms with Crippen molar-refractivity contribution in [2.24, 2.45) is 0 Å². The summed E-state index contributed by atoms with van der Waals surface area (Å²) in [6.45, 7) is 9.46. The highest BCUT2D eigenvalue weighted by Crippen LogP contribution is 2.54. The predicted molar refractivity (Wildman–Crippen MR) is 235 cm³/mol. The van der Waals surface area contributed by atoms with Crippen molar-refractivity contribution in [3.8, 4) is 33.4 Å². The van der Waals surface area contributed by atoms with Crippen molar-refractivity contribution >= 4 is 60.5 Å². The molecule has 9 aromatic carbocycles. The van der Waals surface area contributed by atoms with Crippen molar-refractivity contribution < 1.29 is 4.42 Å². The second-order valence-corrected chi connectivity index (χ2v) is 16.9. The number of fused-ring (bicyclic) bond motifs is 9. The maximum absolute atomic E-state index is 6.98. The molecule has 0 N–H and O–H groups in total. The maximum Gasteiger partial charge on any atom is 0.138 e. The minimum absolute atomic E-state index is 0.129. The zero-order chi connectivity index (χ0) is 37.5. The van der Waals surface area contributed by atoms with Crippen molar-refractivity contribution in [2.75, 3.05) is 4.90 Å². The predicted octanol–water partition coefficient (Wildman–Crippen LogP) is 15.1. The summed E-state index contributed by atoms with van der Waals surface area (Å²) < 4.78 is 6.98. The fraction of sp³-hybridized carbons (Fsp3) is 0.111. The van der Waals surface area contributed by atoms with Crippen molar-refractivity contribution in [1.29, 1.82) is 0 Å². The average Bonchev–Trinajstić information content (AvgIpc) is 3.80. The normalized spacial score (nSPS) is 14.7. The first kappa shape index (κ1) is 31.7. The number of nitrogens with zero attached hydrogens (tertiary/aromatic N) is 1. The number of rotatable bonds is 4. The lowest BCUT2D eigenvalue weighted by atomic mass is 9.82. The fourth-order valence-electron chi connectivity index (χ4n) is 10.4. The van der Waals surface area contributed by atoms with Gasteiger partial charge in [0.25, 0.3) is 0 Å². The third-order valence-corrected chi connectivity index (χ3v) is 13.2. The highest BCUT2D eigenvalue weighted by atomic mass is 16.3. The molecular formula is C54H39NO. The van der Waals surface area contributed by atoms with Crippen LogP contribution in [0.5, 0.6) is 0 Å². The number of benzene rings is 9. The lowest BCUT2D eigenvalue weighted by Gasteiger charge is -2.30. The summed E-state index contributed by atoms with van der Waals surface area (Å²) in [5.74, 6) is 0. The van der Waals surface area contributed by atoms with Crippen LogP contribution in [0.2, 0.25) is 0 Å². The quantitative estimate of drug-likeness (QED) is 0.169. The molecule has 10 aromatic rings. The van der Waals surface area contributed by atoms with E-state index in [9.17, 15) is 0 Å². The maximum atomic E-state index is 6.98. The van der Waals surface area contributed by atoms with Gasteiger partial charge in [0.05, 0.1) is 5.69 Å². The van der Waals surface area contributed by atoms with E-state index in [0.717, 1.165) is 33.8 Å². The van der Waals surface area contributed by atoms with Crippen LogP contribution in [0.4, 0.5) is 17.1 Å². The van der Waals surface area contributed by atoms with E-state index in [0.29, 0.717) is 0 Å². The molecule has 0 atom stereocenters. The van der Waals surface area contributed by atoms with Gasteiger partial charge in [-0.05, 0) is 120 Å². The third kappa shape index (κ3) is 4.16. The molecule has 0 amide bonds. The minimum Gasteiger partial charge on any atom is -0.456 e. The Morgan fingerprint density at radius 1 is 0.357 bits per heavy atom. The van der Waals surface area contributed by atoms with Gasteiger partial charge in [0.15, 0.2) is 0 Å². The van der Waals surface area contributed by atoms with Gasteiger partial charge in [-0.1, -0.05) is 143 Å². The van der Waals surface area contributed by atoms with E-state index in [1.165, 1.54) is 82.4 Å². The van der Waals surface area contributed by atoms with Crippen molar-refractivity contribution in [3.63, 3.8) is 0 Å². The van der Waals surface area contributed by atoms with Crippen LogP contribution in [0.1, 0.15) is 49.9 Å². The largest absolute Gasteiger partial charge is 0.456 e. The van der Waals surface area contributed by atoms with Gasteiger partial charge in [-0.2, -0.15) is 0 Å². The second-order valence-electron chi connectivity index (χ2n) is 16.9. The van der Waals surface area contributed by atoms with Gasteiger partial charge in [0.2, 0.25) is 0 Å². The average molecular weight is 718 g/mol. The molecule has 266 valence electrons. The van der Waals surface area contributed by atoms with Crippen molar-refractivity contribution in [3.05, 3.63) is 186 Å². The summed E-state index contributed by atoms with van der Waals surface area (Å²) >= 11 is 0. The monoisotopic (exact) mass is 717 g/mol. The van der Waals surface area contributed by atoms with Gasteiger partial charge in [-0.3, -0.25) is 0 Å². The summed E-state index contributed by atoms with van der Waals surface area (Å²) in [7, 11) is 0. The molecule has 0 saturated heterocycles. The Hall–Kier alpha value is -6.64. The molecule has 2 aliphatic rings. The van der Waals surface area contributed by atoms with E-state index >= 15 is 0 Å². The highest BCUT2D eigenvalue weighted by molar-refractivity contribution is 6.34. The number of hydrogen-bond donors (Lipinski definition) is 0. The van der Waals surface area contributed by atoms with Crippen molar-refractivity contribution in [1.82, 2.24) is 0 Å². The van der Waals surface area contributed by atoms with Crippen LogP contribution >= 0.6 is 0 Å². The molecule has 1 heterocycles. The Balaban J connectivity index is 1.14. The second kappa shape index (κ2) is 11.0. The zero-order valence-corrected chi connectivity index (χ0v) is 31.9. The molecule has 1 aromatic heterocycles. The molecule has 0 saturated carbocycles. The smallest absolute Gasteiger partial charge is 0.138 e. The number of anilines is 3. The third-order valence-electron chi connectivity index (χ3n) is 13.2. The van der Waals surface area contributed by atoms with E-state index in [2.05, 4.69) is 196 Å². The molecular weight excluding hydrogens is 679 g/mol. The van der Waals surface area contributed by atoms with Crippen molar-refractivity contribution in [2.45, 2.75) is 38.5 Å². The number of furan rings is 1. The van der Waals surface area contributed by atoms with E-state index in [4.69, 9.17) is 4.42 Å². The number of hydrogen-bond acceptors (Lipinski definition) is 2. The Kier molecular flexibility index (Phi) is 6.22. The van der Waals surface area contributed by atoms with Crippen LogP contribution in [-0.4, -0.2) is 0 Å². The van der Waals surface area contributed by atoms with Crippen LogP contribution < -0.4 is 4.90 Å². The van der Waals surface area contributed by atoms with E-state index in [-0.39, 0.29) is 10.8 Å². The van der Waals surface area contributed by atoms with Gasteiger partial charge in [-0.15, -0.1) is 0 Å². The molecule has 2 aliphatic carbocycles. The Morgan fingerprint density at radius 3 is 1.43 bits per heavy atom. The van der Waals surface area contributed by atoms with Gasteiger partial charge in [0.1, 0.15) is 11.2 Å². The molecule has 2 heteroatoms. The summed E-state index contributed by atoms with van der Waals surface area (Å²) in [6, 6.07) is 60.8. The SMILES string of the molecule is CC1(C)c2ccccc2-c2ccc(N(c3ccc4c(c3)C(C)(C)c3ccccc3-4)c3cc4oc5cc(-c6ccccc6)cc6c7ccccc7c(c3)c4c56)cc21. The molecule has 56 heavy (non-hydrogen) atoms. The van der Waals surface area contributed by atoms with E-state index in [1.54, 1.807) is 0 Å². The standard InChI is InChI=1S/C54H39NO/c1-53(2)45-20-12-10-18-39(45)41-24-22-34(29-47(41)53)55(35-23-25-42-40-19-11-13-21-46(40)54(3,4)48(42)30-35)36-28-44-38-17-9-8-16-37(38)43-26-33(32-14-6-5-7-15-32)27-49-51(43)52(44)50(31-36)56-49/h5-31H,1-4H3. The summed E-state index contributed by atoms with van der Waals surface area (Å²) in [5, 5.41) is 7.29. The van der Waals surface area contributed by atoms with Crippen LogP contribution in [-0.2, 0) is 10.8 Å². The topological polar surface area (TPSA) is 16.4 Å². The fourth-order valence-corrected chi connectivity index (χ4v) is 10.4. The first-order valence-corrected chi connectivity index (χ1v) is 19.8. The lowest BCUT2D eigenvalue weighted by molar-refractivity contribution is 0.660. The molecule has 0 bridgehead atoms. The van der Waals surface area contributed by atoms with Gasteiger partial charge in [-0.25, -0.2) is 0 Å². The molecule has 0 unspecified atom stereocenters. The summed E-state index contributed by atoms with van der Waals surface area (Å²) in [4.78, 5) is 2.47. The minimum atomic E-state index is -0.129. The first-order valence-electron chi connectivity index (χ1n) is 19.8. The molecule has 0 fully saturated rings. The molecule has 0 aliphatic heterocycles. The highest BCUT2D eigenvalue weighted by Gasteiger charge is 2.38. The Morgan fingerprint density at radius 2 is 0.839 bits per heavy atom.